The average molecular weight is 432 g/mol. The molecule has 0 aliphatic rings. The lowest BCUT2D eigenvalue weighted by Gasteiger charge is -2.14. The van der Waals surface area contributed by atoms with Crippen molar-refractivity contribution in [2.24, 2.45) is 0 Å². The molecule has 3 aromatic rings. The normalized spacial score (nSPS) is 11.7. The Morgan fingerprint density at radius 1 is 1.17 bits per heavy atom. The van der Waals surface area contributed by atoms with Gasteiger partial charge in [0.25, 0.3) is 11.5 Å². The summed E-state index contributed by atoms with van der Waals surface area (Å²) < 4.78 is 14.5. The van der Waals surface area contributed by atoms with E-state index in [4.69, 9.17) is 21.8 Å². The number of aromatic nitrogens is 2. The van der Waals surface area contributed by atoms with Gasteiger partial charge in [-0.05, 0) is 36.4 Å². The standard InChI is InChI=1S/C20H15ClFN3O5/c21-12-6-4-11(5-7-12)16-9-15(18(27)23-17(10-26)20(29)30)19(28)25(24-16)14-3-1-2-13(22)8-14/h1-9,17,26H,10H2,(H,23,27)(H,29,30). The third-order valence-electron chi connectivity index (χ3n) is 4.13. The minimum atomic E-state index is -1.60. The van der Waals surface area contributed by atoms with E-state index in [1.54, 1.807) is 24.3 Å². The van der Waals surface area contributed by atoms with Gasteiger partial charge in [0.05, 0.1) is 18.0 Å². The number of nitrogens with zero attached hydrogens (tertiary/aromatic N) is 2. The van der Waals surface area contributed by atoms with E-state index in [-0.39, 0.29) is 11.4 Å². The molecular weight excluding hydrogens is 417 g/mol. The number of aliphatic hydroxyl groups excluding tert-OH is 1. The number of carbonyl (C=O) groups is 2. The van der Waals surface area contributed by atoms with Gasteiger partial charge in [0, 0.05) is 10.6 Å². The van der Waals surface area contributed by atoms with E-state index < -0.39 is 41.5 Å². The van der Waals surface area contributed by atoms with Crippen LogP contribution in [-0.4, -0.2) is 44.5 Å². The fraction of sp³-hybridized carbons (Fsp3) is 0.100. The summed E-state index contributed by atoms with van der Waals surface area (Å²) in [5.41, 5.74) is -0.550. The summed E-state index contributed by atoms with van der Waals surface area (Å²) in [6.07, 6.45) is 0. The van der Waals surface area contributed by atoms with Crippen molar-refractivity contribution in [1.82, 2.24) is 15.1 Å². The highest BCUT2D eigenvalue weighted by atomic mass is 35.5. The lowest BCUT2D eigenvalue weighted by molar-refractivity contribution is -0.140. The summed E-state index contributed by atoms with van der Waals surface area (Å²) in [4.78, 5) is 36.6. The number of nitrogens with one attached hydrogen (secondary N) is 1. The van der Waals surface area contributed by atoms with Gasteiger partial charge >= 0.3 is 5.97 Å². The molecule has 1 aromatic heterocycles. The summed E-state index contributed by atoms with van der Waals surface area (Å²) in [7, 11) is 0. The molecule has 0 spiro atoms. The molecule has 0 bridgehead atoms. The fourth-order valence-corrected chi connectivity index (χ4v) is 2.75. The van der Waals surface area contributed by atoms with Crippen LogP contribution in [0.5, 0.6) is 0 Å². The van der Waals surface area contributed by atoms with Gasteiger partial charge in [0.2, 0.25) is 0 Å². The number of rotatable bonds is 6. The topological polar surface area (TPSA) is 122 Å². The second-order valence-electron chi connectivity index (χ2n) is 6.19. The number of carboxylic acids is 1. The first kappa shape index (κ1) is 21.2. The van der Waals surface area contributed by atoms with E-state index in [0.29, 0.717) is 10.6 Å². The SMILES string of the molecule is O=C(NC(CO)C(=O)O)c1cc(-c2ccc(Cl)cc2)nn(-c2cccc(F)c2)c1=O. The zero-order valence-electron chi connectivity index (χ0n) is 15.3. The Balaban J connectivity index is 2.18. The van der Waals surface area contributed by atoms with E-state index in [1.165, 1.54) is 24.3 Å². The second kappa shape index (κ2) is 8.85. The number of halogens is 2. The van der Waals surface area contributed by atoms with Crippen molar-refractivity contribution in [3.05, 3.63) is 81.4 Å². The van der Waals surface area contributed by atoms with E-state index in [2.05, 4.69) is 10.4 Å². The number of carboxylic acid groups (broad SMARTS) is 1. The van der Waals surface area contributed by atoms with E-state index in [1.807, 2.05) is 0 Å². The van der Waals surface area contributed by atoms with Crippen LogP contribution in [0, 0.1) is 5.82 Å². The monoisotopic (exact) mass is 431 g/mol. The molecule has 1 amide bonds. The maximum atomic E-state index is 13.7. The number of benzene rings is 2. The molecule has 3 rings (SSSR count). The highest BCUT2D eigenvalue weighted by molar-refractivity contribution is 6.30. The lowest BCUT2D eigenvalue weighted by atomic mass is 10.1. The van der Waals surface area contributed by atoms with Crippen LogP contribution in [0.15, 0.2) is 59.4 Å². The smallest absolute Gasteiger partial charge is 0.328 e. The molecule has 154 valence electrons. The number of aliphatic carboxylic acids is 1. The summed E-state index contributed by atoms with van der Waals surface area (Å²) in [5, 5.41) is 24.9. The summed E-state index contributed by atoms with van der Waals surface area (Å²) in [6.45, 7) is -0.867. The molecule has 30 heavy (non-hydrogen) atoms. The van der Waals surface area contributed by atoms with E-state index >= 15 is 0 Å². The number of hydrogen-bond acceptors (Lipinski definition) is 5. The first-order valence-electron chi connectivity index (χ1n) is 8.61. The number of carbonyl (C=O) groups excluding carboxylic acids is 1. The Morgan fingerprint density at radius 2 is 1.87 bits per heavy atom. The van der Waals surface area contributed by atoms with Gasteiger partial charge in [-0.1, -0.05) is 29.8 Å². The van der Waals surface area contributed by atoms with Crippen molar-refractivity contribution in [3.8, 4) is 16.9 Å². The first-order chi connectivity index (χ1) is 14.3. The van der Waals surface area contributed by atoms with Gasteiger partial charge in [-0.2, -0.15) is 9.78 Å². The van der Waals surface area contributed by atoms with Crippen molar-refractivity contribution in [1.29, 1.82) is 0 Å². The van der Waals surface area contributed by atoms with Crippen molar-refractivity contribution >= 4 is 23.5 Å². The minimum Gasteiger partial charge on any atom is -0.480 e. The quantitative estimate of drug-likeness (QED) is 0.547. The predicted octanol–water partition coefficient (Wildman–Crippen LogP) is 1.87. The van der Waals surface area contributed by atoms with Crippen LogP contribution in [0.4, 0.5) is 4.39 Å². The zero-order chi connectivity index (χ0) is 21.8. The van der Waals surface area contributed by atoms with Gasteiger partial charge in [-0.3, -0.25) is 9.59 Å². The highest BCUT2D eigenvalue weighted by Crippen LogP contribution is 2.20. The zero-order valence-corrected chi connectivity index (χ0v) is 16.0. The Kier molecular flexibility index (Phi) is 6.24. The largest absolute Gasteiger partial charge is 0.480 e. The van der Waals surface area contributed by atoms with E-state index in [9.17, 15) is 18.8 Å². The van der Waals surface area contributed by atoms with Crippen molar-refractivity contribution < 1.29 is 24.2 Å². The Morgan fingerprint density at radius 3 is 2.47 bits per heavy atom. The van der Waals surface area contributed by atoms with Gasteiger partial charge in [0.15, 0.2) is 6.04 Å². The van der Waals surface area contributed by atoms with Gasteiger partial charge < -0.3 is 15.5 Å². The van der Waals surface area contributed by atoms with Crippen LogP contribution in [0.2, 0.25) is 5.02 Å². The van der Waals surface area contributed by atoms with Crippen LogP contribution in [0.25, 0.3) is 16.9 Å². The third-order valence-corrected chi connectivity index (χ3v) is 4.39. The van der Waals surface area contributed by atoms with E-state index in [0.717, 1.165) is 10.7 Å². The predicted molar refractivity (Wildman–Crippen MR) is 106 cm³/mol. The molecule has 0 radical (unpaired) electrons. The van der Waals surface area contributed by atoms with Crippen LogP contribution >= 0.6 is 11.6 Å². The lowest BCUT2D eigenvalue weighted by Crippen LogP contribution is -2.45. The van der Waals surface area contributed by atoms with Gasteiger partial charge in [0.1, 0.15) is 11.4 Å². The molecule has 1 atom stereocenters. The van der Waals surface area contributed by atoms with Gasteiger partial charge in [-0.25, -0.2) is 9.18 Å². The number of amides is 1. The van der Waals surface area contributed by atoms with Crippen LogP contribution < -0.4 is 10.9 Å². The fourth-order valence-electron chi connectivity index (χ4n) is 2.62. The Hall–Kier alpha value is -3.56. The summed E-state index contributed by atoms with van der Waals surface area (Å²) in [6, 6.07) is 11.0. The summed E-state index contributed by atoms with van der Waals surface area (Å²) in [5.74, 6) is -3.11. The van der Waals surface area contributed by atoms with Crippen molar-refractivity contribution in [3.63, 3.8) is 0 Å². The Labute approximate surface area is 174 Å². The maximum Gasteiger partial charge on any atom is 0.328 e. The van der Waals surface area contributed by atoms with Crippen molar-refractivity contribution in [2.75, 3.05) is 6.61 Å². The molecule has 0 fully saturated rings. The molecule has 0 aliphatic heterocycles. The van der Waals surface area contributed by atoms with Crippen LogP contribution in [0.1, 0.15) is 10.4 Å². The minimum absolute atomic E-state index is 0.0711. The van der Waals surface area contributed by atoms with Gasteiger partial charge in [-0.15, -0.1) is 0 Å². The molecule has 1 heterocycles. The molecule has 0 aliphatic carbocycles. The molecule has 1 unspecified atom stereocenters. The number of aliphatic hydroxyl groups is 1. The van der Waals surface area contributed by atoms with Crippen LogP contribution in [-0.2, 0) is 4.79 Å². The van der Waals surface area contributed by atoms with Crippen molar-refractivity contribution in [2.45, 2.75) is 6.04 Å². The molecule has 3 N–H and O–H groups in total. The third kappa shape index (κ3) is 4.53. The summed E-state index contributed by atoms with van der Waals surface area (Å²) >= 11 is 5.89. The molecule has 8 nitrogen and oxygen atoms in total. The average Bonchev–Trinajstić information content (AvgIpc) is 2.72. The van der Waals surface area contributed by atoms with Crippen LogP contribution in [0.3, 0.4) is 0 Å². The molecule has 0 saturated carbocycles. The highest BCUT2D eigenvalue weighted by Gasteiger charge is 2.23. The molecule has 0 saturated heterocycles. The molecule has 10 heteroatoms. The molecular formula is C20H15ClFN3O5. The second-order valence-corrected chi connectivity index (χ2v) is 6.63. The molecule has 2 aromatic carbocycles. The number of hydrogen-bond donors (Lipinski definition) is 3. The first-order valence-corrected chi connectivity index (χ1v) is 8.98. The Bertz CT molecular complexity index is 1160. The maximum absolute atomic E-state index is 13.7.